The van der Waals surface area contributed by atoms with E-state index in [0.717, 1.165) is 6.07 Å². The fourth-order valence-electron chi connectivity index (χ4n) is 2.21. The minimum atomic E-state index is -3.99. The largest absolute Gasteiger partial charge is 0.341 e. The van der Waals surface area contributed by atoms with Gasteiger partial charge in [0.2, 0.25) is 0 Å². The lowest BCUT2D eigenvalue weighted by atomic mass is 10.2. The number of nitrogens with one attached hydrogen (secondary N) is 1. The average Bonchev–Trinajstić information content (AvgIpc) is 2.61. The first-order chi connectivity index (χ1) is 12.2. The van der Waals surface area contributed by atoms with Crippen LogP contribution in [0.3, 0.4) is 0 Å². The predicted octanol–water partition coefficient (Wildman–Crippen LogP) is 2.92. The van der Waals surface area contributed by atoms with Gasteiger partial charge in [-0.2, -0.15) is 5.26 Å². The Kier molecular flexibility index (Phi) is 5.95. The van der Waals surface area contributed by atoms with Gasteiger partial charge in [0.05, 0.1) is 17.4 Å². The Balaban J connectivity index is 2.23. The summed E-state index contributed by atoms with van der Waals surface area (Å²) in [5.41, 5.74) is 0.809. The van der Waals surface area contributed by atoms with Crippen molar-refractivity contribution in [2.45, 2.75) is 18.2 Å². The van der Waals surface area contributed by atoms with Crippen molar-refractivity contribution in [1.82, 2.24) is 4.90 Å². The van der Waals surface area contributed by atoms with Crippen LogP contribution >= 0.6 is 0 Å². The van der Waals surface area contributed by atoms with Gasteiger partial charge in [0.15, 0.2) is 0 Å². The van der Waals surface area contributed by atoms with E-state index >= 15 is 0 Å². The summed E-state index contributed by atoms with van der Waals surface area (Å²) in [5, 5.41) is 8.59. The lowest BCUT2D eigenvalue weighted by Crippen LogP contribution is -2.27. The van der Waals surface area contributed by atoms with Crippen LogP contribution in [0.5, 0.6) is 0 Å². The van der Waals surface area contributed by atoms with Crippen molar-refractivity contribution in [3.8, 4) is 6.07 Å². The number of benzene rings is 2. The summed E-state index contributed by atoms with van der Waals surface area (Å²) in [7, 11) is -2.43. The minimum absolute atomic E-state index is 0.186. The smallest absolute Gasteiger partial charge is 0.261 e. The maximum absolute atomic E-state index is 13.6. The Morgan fingerprint density at radius 3 is 2.65 bits per heavy atom. The molecule has 0 aliphatic heterocycles. The van der Waals surface area contributed by atoms with Gasteiger partial charge in [0.25, 0.3) is 15.9 Å². The third-order valence-corrected chi connectivity index (χ3v) is 5.10. The van der Waals surface area contributed by atoms with E-state index in [2.05, 4.69) is 4.72 Å². The van der Waals surface area contributed by atoms with Crippen LogP contribution in [0.1, 0.15) is 22.3 Å². The van der Waals surface area contributed by atoms with E-state index in [1.165, 1.54) is 36.1 Å². The maximum atomic E-state index is 13.6. The zero-order valence-corrected chi connectivity index (χ0v) is 15.2. The molecule has 8 heteroatoms. The Bertz CT molecular complexity index is 968. The Labute approximate surface area is 151 Å². The van der Waals surface area contributed by atoms with Gasteiger partial charge in [-0.25, -0.2) is 12.8 Å². The fourth-order valence-corrected chi connectivity index (χ4v) is 3.27. The van der Waals surface area contributed by atoms with Crippen molar-refractivity contribution in [1.29, 1.82) is 5.26 Å². The van der Waals surface area contributed by atoms with Crippen molar-refractivity contribution < 1.29 is 17.6 Å². The van der Waals surface area contributed by atoms with E-state index in [4.69, 9.17) is 5.26 Å². The van der Waals surface area contributed by atoms with Crippen LogP contribution in [0.4, 0.5) is 10.1 Å². The van der Waals surface area contributed by atoms with Gasteiger partial charge in [0.1, 0.15) is 5.82 Å². The number of nitriles is 1. The highest BCUT2D eigenvalue weighted by molar-refractivity contribution is 7.92. The quantitative estimate of drug-likeness (QED) is 0.840. The first-order valence-corrected chi connectivity index (χ1v) is 9.24. The molecule has 6 nitrogen and oxygen atoms in total. The predicted molar refractivity (Wildman–Crippen MR) is 95.6 cm³/mol. The molecule has 2 aromatic carbocycles. The van der Waals surface area contributed by atoms with Gasteiger partial charge < -0.3 is 4.90 Å². The average molecular weight is 375 g/mol. The highest BCUT2D eigenvalue weighted by Gasteiger charge is 2.17. The number of halogens is 1. The molecule has 0 fully saturated rings. The van der Waals surface area contributed by atoms with Crippen LogP contribution in [0.2, 0.25) is 0 Å². The Morgan fingerprint density at radius 2 is 2.00 bits per heavy atom. The lowest BCUT2D eigenvalue weighted by molar-refractivity contribution is 0.0798. The Morgan fingerprint density at radius 1 is 1.27 bits per heavy atom. The molecule has 1 amide bonds. The van der Waals surface area contributed by atoms with E-state index in [-0.39, 0.29) is 35.0 Å². The van der Waals surface area contributed by atoms with Crippen molar-refractivity contribution in [2.24, 2.45) is 0 Å². The van der Waals surface area contributed by atoms with Crippen molar-refractivity contribution >= 4 is 21.6 Å². The number of amides is 1. The van der Waals surface area contributed by atoms with Crippen molar-refractivity contribution in [3.63, 3.8) is 0 Å². The highest BCUT2D eigenvalue weighted by atomic mass is 32.2. The lowest BCUT2D eigenvalue weighted by Gasteiger charge is -2.16. The first-order valence-electron chi connectivity index (χ1n) is 7.76. The van der Waals surface area contributed by atoms with Crippen LogP contribution < -0.4 is 4.72 Å². The second-order valence-corrected chi connectivity index (χ2v) is 7.41. The summed E-state index contributed by atoms with van der Waals surface area (Å²) >= 11 is 0. The van der Waals surface area contributed by atoms with Crippen LogP contribution in [0.15, 0.2) is 47.4 Å². The van der Waals surface area contributed by atoms with Crippen LogP contribution in [-0.2, 0) is 10.0 Å². The van der Waals surface area contributed by atoms with Gasteiger partial charge in [-0.05, 0) is 42.8 Å². The number of sulfonamides is 1. The number of hydrogen-bond donors (Lipinski definition) is 1. The van der Waals surface area contributed by atoms with Gasteiger partial charge in [0, 0.05) is 24.8 Å². The standard InChI is InChI=1S/C18H18FN3O3S/c1-13-7-8-16(12-17(13)19)26(24,25)21-15-6-3-5-14(11-15)18(23)22(2)10-4-9-20/h3,5-8,11-12,21H,4,10H2,1-2H3. The molecule has 0 aliphatic carbocycles. The van der Waals surface area contributed by atoms with E-state index in [0.29, 0.717) is 5.56 Å². The van der Waals surface area contributed by atoms with E-state index < -0.39 is 15.8 Å². The third-order valence-electron chi connectivity index (χ3n) is 3.72. The number of rotatable bonds is 6. The molecule has 0 saturated heterocycles. The second kappa shape index (κ2) is 7.97. The van der Waals surface area contributed by atoms with Crippen LogP contribution in [0, 0.1) is 24.1 Å². The molecule has 2 rings (SSSR count). The van der Waals surface area contributed by atoms with Gasteiger partial charge in [-0.1, -0.05) is 12.1 Å². The summed E-state index contributed by atoms with van der Waals surface area (Å²) in [6, 6.07) is 11.6. The second-order valence-electron chi connectivity index (χ2n) is 5.73. The monoisotopic (exact) mass is 375 g/mol. The molecule has 0 radical (unpaired) electrons. The highest BCUT2D eigenvalue weighted by Crippen LogP contribution is 2.20. The van der Waals surface area contributed by atoms with Gasteiger partial charge in [-0.15, -0.1) is 0 Å². The molecule has 0 aromatic heterocycles. The van der Waals surface area contributed by atoms with Crippen molar-refractivity contribution in [2.75, 3.05) is 18.3 Å². The zero-order valence-electron chi connectivity index (χ0n) is 14.4. The van der Waals surface area contributed by atoms with E-state index in [1.807, 2.05) is 6.07 Å². The number of nitrogens with zero attached hydrogens (tertiary/aromatic N) is 2. The number of anilines is 1. The van der Waals surface area contributed by atoms with E-state index in [9.17, 15) is 17.6 Å². The third kappa shape index (κ3) is 4.58. The summed E-state index contributed by atoms with van der Waals surface area (Å²) in [5.74, 6) is -0.946. The fraction of sp³-hybridized carbons (Fsp3) is 0.222. The molecule has 0 bridgehead atoms. The number of hydrogen-bond acceptors (Lipinski definition) is 4. The summed E-state index contributed by atoms with van der Waals surface area (Å²) < 4.78 is 40.8. The topological polar surface area (TPSA) is 90.3 Å². The molecule has 0 unspecified atom stereocenters. The van der Waals surface area contributed by atoms with Gasteiger partial charge >= 0.3 is 0 Å². The van der Waals surface area contributed by atoms with Crippen LogP contribution in [0.25, 0.3) is 0 Å². The molecule has 0 spiro atoms. The summed E-state index contributed by atoms with van der Waals surface area (Å²) in [6.07, 6.45) is 0.202. The number of aryl methyl sites for hydroxylation is 1. The Hall–Kier alpha value is -2.92. The SMILES string of the molecule is Cc1ccc(S(=O)(=O)Nc2cccc(C(=O)N(C)CCC#N)c2)cc1F. The molecule has 0 aliphatic rings. The minimum Gasteiger partial charge on any atom is -0.341 e. The molecular weight excluding hydrogens is 357 g/mol. The molecular formula is C18H18FN3O3S. The molecule has 0 atom stereocenters. The normalized spacial score (nSPS) is 10.8. The molecule has 26 heavy (non-hydrogen) atoms. The zero-order chi connectivity index (χ0) is 19.3. The first kappa shape index (κ1) is 19.4. The van der Waals surface area contributed by atoms with Crippen molar-refractivity contribution in [3.05, 3.63) is 59.4 Å². The maximum Gasteiger partial charge on any atom is 0.261 e. The molecule has 136 valence electrons. The molecule has 0 saturated carbocycles. The van der Waals surface area contributed by atoms with E-state index in [1.54, 1.807) is 19.2 Å². The molecule has 2 aromatic rings. The number of carbonyl (C=O) groups is 1. The van der Waals surface area contributed by atoms with Gasteiger partial charge in [-0.3, -0.25) is 9.52 Å². The number of carbonyl (C=O) groups excluding carboxylic acids is 1. The van der Waals surface area contributed by atoms with Crippen LogP contribution in [-0.4, -0.2) is 32.8 Å². The molecule has 1 N–H and O–H groups in total. The summed E-state index contributed by atoms with van der Waals surface area (Å²) in [6.45, 7) is 1.81. The summed E-state index contributed by atoms with van der Waals surface area (Å²) in [4.78, 5) is 13.5. The molecule has 0 heterocycles.